The van der Waals surface area contributed by atoms with Crippen molar-refractivity contribution >= 4 is 0 Å². The van der Waals surface area contributed by atoms with Gasteiger partial charge in [0.15, 0.2) is 0 Å². The molecule has 2 fully saturated rings. The summed E-state index contributed by atoms with van der Waals surface area (Å²) in [5, 5.41) is 0. The van der Waals surface area contributed by atoms with Gasteiger partial charge in [-0.05, 0) is 58.0 Å². The van der Waals surface area contributed by atoms with Gasteiger partial charge < -0.3 is 10.5 Å². The highest BCUT2D eigenvalue weighted by molar-refractivity contribution is 5.00. The first-order chi connectivity index (χ1) is 9.49. The number of hydrogen-bond donors (Lipinski definition) is 1. The lowest BCUT2D eigenvalue weighted by Gasteiger charge is -2.53. The molecule has 3 heteroatoms. The van der Waals surface area contributed by atoms with Gasteiger partial charge in [0.25, 0.3) is 0 Å². The lowest BCUT2D eigenvalue weighted by atomic mass is 9.72. The van der Waals surface area contributed by atoms with Crippen molar-refractivity contribution in [3.05, 3.63) is 0 Å². The van der Waals surface area contributed by atoms with Crippen LogP contribution in [-0.4, -0.2) is 42.3 Å². The van der Waals surface area contributed by atoms with Crippen LogP contribution in [0.15, 0.2) is 0 Å². The molecule has 2 unspecified atom stereocenters. The summed E-state index contributed by atoms with van der Waals surface area (Å²) in [7, 11) is 0. The quantitative estimate of drug-likeness (QED) is 0.860. The van der Waals surface area contributed by atoms with Gasteiger partial charge in [0.2, 0.25) is 0 Å². The highest BCUT2D eigenvalue weighted by atomic mass is 16.5. The average molecular weight is 282 g/mol. The number of likely N-dealkylation sites (tertiary alicyclic amines) is 1. The molecule has 2 rings (SSSR count). The van der Waals surface area contributed by atoms with Crippen LogP contribution in [0.3, 0.4) is 0 Å². The molecule has 2 heterocycles. The number of rotatable bonds is 4. The molecule has 20 heavy (non-hydrogen) atoms. The lowest BCUT2D eigenvalue weighted by molar-refractivity contribution is -0.114. The first kappa shape index (κ1) is 16.3. The van der Waals surface area contributed by atoms with E-state index in [2.05, 4.69) is 32.6 Å². The van der Waals surface area contributed by atoms with E-state index in [1.54, 1.807) is 0 Å². The van der Waals surface area contributed by atoms with Crippen molar-refractivity contribution in [1.29, 1.82) is 0 Å². The van der Waals surface area contributed by atoms with Crippen molar-refractivity contribution in [3.8, 4) is 0 Å². The maximum Gasteiger partial charge on any atom is 0.0568 e. The molecule has 0 aliphatic carbocycles. The van der Waals surface area contributed by atoms with Crippen molar-refractivity contribution in [1.82, 2.24) is 4.90 Å². The fraction of sp³-hybridized carbons (Fsp3) is 1.00. The summed E-state index contributed by atoms with van der Waals surface area (Å²) in [6.45, 7) is 12.3. The minimum absolute atomic E-state index is 0.185. The Morgan fingerprint density at radius 2 is 1.55 bits per heavy atom. The zero-order valence-electron chi connectivity index (χ0n) is 14.0. The van der Waals surface area contributed by atoms with E-state index in [9.17, 15) is 0 Å². The van der Waals surface area contributed by atoms with Crippen molar-refractivity contribution in [3.63, 3.8) is 0 Å². The van der Waals surface area contributed by atoms with Crippen LogP contribution in [0.4, 0.5) is 0 Å². The molecule has 2 aliphatic heterocycles. The third-order valence-electron chi connectivity index (χ3n) is 6.17. The third-order valence-corrected chi connectivity index (χ3v) is 6.17. The van der Waals surface area contributed by atoms with Gasteiger partial charge in [0.05, 0.1) is 12.2 Å². The van der Waals surface area contributed by atoms with E-state index in [0.717, 1.165) is 19.4 Å². The molecule has 2 saturated heterocycles. The van der Waals surface area contributed by atoms with Crippen LogP contribution in [0.25, 0.3) is 0 Å². The van der Waals surface area contributed by atoms with Crippen LogP contribution >= 0.6 is 0 Å². The molecule has 0 aromatic carbocycles. The van der Waals surface area contributed by atoms with E-state index in [4.69, 9.17) is 10.5 Å². The Hall–Kier alpha value is -0.120. The van der Waals surface area contributed by atoms with Crippen LogP contribution in [-0.2, 0) is 4.74 Å². The Morgan fingerprint density at radius 1 is 1.05 bits per heavy atom. The predicted octanol–water partition coefficient (Wildman–Crippen LogP) is 3.17. The van der Waals surface area contributed by atoms with Crippen LogP contribution in [0, 0.1) is 5.41 Å². The first-order valence-electron chi connectivity index (χ1n) is 8.60. The SMILES string of the molecule is CCC1(CC)CCN(C2(CN)CC(C)OC(C)C2)CC1. The molecular formula is C17H34N2O. The molecule has 0 aromatic rings. The van der Waals surface area contributed by atoms with Gasteiger partial charge in [-0.2, -0.15) is 0 Å². The monoisotopic (exact) mass is 282 g/mol. The lowest BCUT2D eigenvalue weighted by Crippen LogP contribution is -2.62. The summed E-state index contributed by atoms with van der Waals surface area (Å²) < 4.78 is 5.94. The van der Waals surface area contributed by atoms with Crippen molar-refractivity contribution in [2.75, 3.05) is 19.6 Å². The summed E-state index contributed by atoms with van der Waals surface area (Å²) in [4.78, 5) is 2.70. The smallest absolute Gasteiger partial charge is 0.0568 e. The minimum Gasteiger partial charge on any atom is -0.375 e. The standard InChI is InChI=1S/C17H34N2O/c1-5-16(6-2)7-9-19(10-8-16)17(13-18)11-14(3)20-15(4)12-17/h14-15H,5-13,18H2,1-4H3. The third kappa shape index (κ3) is 3.05. The van der Waals surface area contributed by atoms with Crippen LogP contribution in [0.5, 0.6) is 0 Å². The molecule has 0 bridgehead atoms. The number of hydrogen-bond acceptors (Lipinski definition) is 3. The molecule has 0 saturated carbocycles. The van der Waals surface area contributed by atoms with E-state index in [1.807, 2.05) is 0 Å². The Kier molecular flexibility index (Phi) is 5.14. The second kappa shape index (κ2) is 6.33. The highest BCUT2D eigenvalue weighted by Crippen LogP contribution is 2.42. The van der Waals surface area contributed by atoms with Gasteiger partial charge in [0.1, 0.15) is 0 Å². The van der Waals surface area contributed by atoms with Crippen molar-refractivity contribution in [2.45, 2.75) is 84.0 Å². The number of ether oxygens (including phenoxy) is 1. The van der Waals surface area contributed by atoms with Gasteiger partial charge in [-0.1, -0.05) is 26.7 Å². The summed E-state index contributed by atoms with van der Waals surface area (Å²) in [5.41, 5.74) is 7.01. The summed E-state index contributed by atoms with van der Waals surface area (Å²) >= 11 is 0. The van der Waals surface area contributed by atoms with Crippen LogP contribution < -0.4 is 5.73 Å². The topological polar surface area (TPSA) is 38.5 Å². The van der Waals surface area contributed by atoms with Gasteiger partial charge in [-0.15, -0.1) is 0 Å². The normalized spacial score (nSPS) is 38.9. The largest absolute Gasteiger partial charge is 0.375 e. The molecule has 2 atom stereocenters. The van der Waals surface area contributed by atoms with E-state index in [-0.39, 0.29) is 5.54 Å². The average Bonchev–Trinajstić information content (AvgIpc) is 2.46. The fourth-order valence-corrected chi connectivity index (χ4v) is 4.61. The van der Waals surface area contributed by atoms with E-state index in [0.29, 0.717) is 17.6 Å². The molecular weight excluding hydrogens is 248 g/mol. The van der Waals surface area contributed by atoms with Gasteiger partial charge >= 0.3 is 0 Å². The molecule has 0 aromatic heterocycles. The van der Waals surface area contributed by atoms with E-state index >= 15 is 0 Å². The molecule has 0 radical (unpaired) electrons. The summed E-state index contributed by atoms with van der Waals surface area (Å²) in [6.07, 6.45) is 8.19. The number of piperidine rings is 1. The molecule has 0 spiro atoms. The molecule has 3 nitrogen and oxygen atoms in total. The molecule has 118 valence electrons. The van der Waals surface area contributed by atoms with Gasteiger partial charge in [-0.3, -0.25) is 4.90 Å². The Labute approximate surface area is 125 Å². The van der Waals surface area contributed by atoms with Crippen molar-refractivity contribution in [2.24, 2.45) is 11.1 Å². The van der Waals surface area contributed by atoms with E-state index < -0.39 is 0 Å². The number of nitrogens with zero attached hydrogens (tertiary/aromatic N) is 1. The zero-order chi connectivity index (χ0) is 14.8. The van der Waals surface area contributed by atoms with Gasteiger partial charge in [-0.25, -0.2) is 0 Å². The van der Waals surface area contributed by atoms with Crippen molar-refractivity contribution < 1.29 is 4.74 Å². The Morgan fingerprint density at radius 3 is 1.95 bits per heavy atom. The van der Waals surface area contributed by atoms with E-state index in [1.165, 1.54) is 38.8 Å². The Bertz CT molecular complexity index is 294. The van der Waals surface area contributed by atoms with Crippen LogP contribution in [0.2, 0.25) is 0 Å². The molecule has 0 amide bonds. The second-order valence-electron chi connectivity index (χ2n) is 7.29. The minimum atomic E-state index is 0.185. The molecule has 2 aliphatic rings. The zero-order valence-corrected chi connectivity index (χ0v) is 14.0. The number of nitrogens with two attached hydrogens (primary N) is 1. The maximum absolute atomic E-state index is 6.23. The Balaban J connectivity index is 2.06. The maximum atomic E-state index is 6.23. The van der Waals surface area contributed by atoms with Crippen LogP contribution in [0.1, 0.15) is 66.2 Å². The predicted molar refractivity (Wildman–Crippen MR) is 84.9 cm³/mol. The van der Waals surface area contributed by atoms with Gasteiger partial charge in [0, 0.05) is 12.1 Å². The fourth-order valence-electron chi connectivity index (χ4n) is 4.61. The summed E-state index contributed by atoms with van der Waals surface area (Å²) in [5.74, 6) is 0. The molecule has 2 N–H and O–H groups in total. The first-order valence-corrected chi connectivity index (χ1v) is 8.60. The summed E-state index contributed by atoms with van der Waals surface area (Å²) in [6, 6.07) is 0. The highest BCUT2D eigenvalue weighted by Gasteiger charge is 2.45. The second-order valence-corrected chi connectivity index (χ2v) is 7.29.